The van der Waals surface area contributed by atoms with Crippen LogP contribution in [0.1, 0.15) is 11.1 Å². The zero-order chi connectivity index (χ0) is 12.8. The van der Waals surface area contributed by atoms with Crippen LogP contribution in [0.4, 0.5) is 0 Å². The molecule has 2 aromatic carbocycles. The van der Waals surface area contributed by atoms with E-state index in [1.807, 2.05) is 0 Å². The summed E-state index contributed by atoms with van der Waals surface area (Å²) in [4.78, 5) is 0. The minimum atomic E-state index is 0. The van der Waals surface area contributed by atoms with Gasteiger partial charge in [0.2, 0.25) is 0 Å². The second kappa shape index (κ2) is 7.95. The molecule has 0 amide bonds. The highest BCUT2D eigenvalue weighted by molar-refractivity contribution is 5.85. The molecule has 3 heteroatoms. The van der Waals surface area contributed by atoms with Gasteiger partial charge < -0.3 is 10.8 Å². The summed E-state index contributed by atoms with van der Waals surface area (Å²) in [5.41, 5.74) is 10.4. The fourth-order valence-corrected chi connectivity index (χ4v) is 2.02. The minimum Gasteiger partial charge on any atom is -0.396 e. The van der Waals surface area contributed by atoms with Gasteiger partial charge in [-0.25, -0.2) is 0 Å². The second-order valence-electron chi connectivity index (χ2n) is 4.41. The molecule has 2 nitrogen and oxygen atoms in total. The van der Waals surface area contributed by atoms with E-state index >= 15 is 0 Å². The highest BCUT2D eigenvalue weighted by atomic mass is 35.5. The molecule has 0 saturated heterocycles. The molecule has 0 saturated carbocycles. The first-order chi connectivity index (χ1) is 8.83. The summed E-state index contributed by atoms with van der Waals surface area (Å²) in [5, 5.41) is 8.88. The number of hydrogen-bond donors (Lipinski definition) is 2. The van der Waals surface area contributed by atoms with Crippen LogP contribution in [-0.4, -0.2) is 18.3 Å². The number of hydrogen-bond acceptors (Lipinski definition) is 2. The van der Waals surface area contributed by atoms with E-state index in [2.05, 4.69) is 48.5 Å². The summed E-state index contributed by atoms with van der Waals surface area (Å²) in [7, 11) is 0. The van der Waals surface area contributed by atoms with Crippen molar-refractivity contribution in [2.75, 3.05) is 13.2 Å². The van der Waals surface area contributed by atoms with E-state index in [0.29, 0.717) is 6.54 Å². The lowest BCUT2D eigenvalue weighted by atomic mass is 10.0. The number of aliphatic hydroxyl groups is 1. The molecule has 0 aromatic heterocycles. The summed E-state index contributed by atoms with van der Waals surface area (Å²) in [6, 6.07) is 16.9. The van der Waals surface area contributed by atoms with Crippen LogP contribution in [0.3, 0.4) is 0 Å². The molecule has 0 aliphatic rings. The average Bonchev–Trinajstić information content (AvgIpc) is 2.41. The summed E-state index contributed by atoms with van der Waals surface area (Å²) in [5.74, 6) is 0. The Morgan fingerprint density at radius 3 is 1.53 bits per heavy atom. The van der Waals surface area contributed by atoms with E-state index in [4.69, 9.17) is 10.8 Å². The third-order valence-corrected chi connectivity index (χ3v) is 3.07. The predicted octanol–water partition coefficient (Wildman–Crippen LogP) is 2.81. The monoisotopic (exact) mass is 277 g/mol. The van der Waals surface area contributed by atoms with E-state index in [-0.39, 0.29) is 19.0 Å². The number of rotatable bonds is 5. The zero-order valence-electron chi connectivity index (χ0n) is 10.9. The Morgan fingerprint density at radius 2 is 1.16 bits per heavy atom. The molecule has 0 radical (unpaired) electrons. The molecule has 0 heterocycles. The molecular weight excluding hydrogens is 258 g/mol. The quantitative estimate of drug-likeness (QED) is 0.883. The summed E-state index contributed by atoms with van der Waals surface area (Å²) < 4.78 is 0. The van der Waals surface area contributed by atoms with Crippen molar-refractivity contribution in [1.29, 1.82) is 0 Å². The Balaban J connectivity index is 0.00000180. The first-order valence-corrected chi connectivity index (χ1v) is 6.32. The van der Waals surface area contributed by atoms with Gasteiger partial charge in [-0.05, 0) is 41.6 Å². The molecule has 0 bridgehead atoms. The summed E-state index contributed by atoms with van der Waals surface area (Å²) >= 11 is 0. The van der Waals surface area contributed by atoms with Crippen molar-refractivity contribution in [1.82, 2.24) is 0 Å². The highest BCUT2D eigenvalue weighted by Gasteiger charge is 1.99. The number of nitrogens with two attached hydrogens (primary N) is 1. The number of halogens is 1. The van der Waals surface area contributed by atoms with Gasteiger partial charge in [0.15, 0.2) is 0 Å². The average molecular weight is 278 g/mol. The van der Waals surface area contributed by atoms with E-state index in [1.165, 1.54) is 22.3 Å². The summed E-state index contributed by atoms with van der Waals surface area (Å²) in [6.07, 6.45) is 1.64. The van der Waals surface area contributed by atoms with Crippen LogP contribution in [0.2, 0.25) is 0 Å². The van der Waals surface area contributed by atoms with Gasteiger partial charge in [-0.2, -0.15) is 0 Å². The van der Waals surface area contributed by atoms with Crippen LogP contribution in [0.15, 0.2) is 48.5 Å². The van der Waals surface area contributed by atoms with Crippen molar-refractivity contribution in [3.8, 4) is 11.1 Å². The van der Waals surface area contributed by atoms with E-state index in [1.54, 1.807) is 0 Å². The Kier molecular flexibility index (Phi) is 6.57. The van der Waals surface area contributed by atoms with Crippen molar-refractivity contribution in [2.24, 2.45) is 5.73 Å². The number of aliphatic hydroxyl groups excluding tert-OH is 1. The fourth-order valence-electron chi connectivity index (χ4n) is 2.02. The molecule has 0 unspecified atom stereocenters. The molecule has 3 N–H and O–H groups in total. The topological polar surface area (TPSA) is 46.2 Å². The second-order valence-corrected chi connectivity index (χ2v) is 4.41. The van der Waals surface area contributed by atoms with Crippen LogP contribution in [0.5, 0.6) is 0 Å². The molecule has 2 aromatic rings. The predicted molar refractivity (Wildman–Crippen MR) is 82.7 cm³/mol. The molecule has 0 spiro atoms. The van der Waals surface area contributed by atoms with Crippen molar-refractivity contribution in [3.05, 3.63) is 59.7 Å². The molecule has 0 atom stereocenters. The SMILES string of the molecule is Cl.NCCc1ccc(-c2ccc(CCO)cc2)cc1. The van der Waals surface area contributed by atoms with Gasteiger partial charge in [0, 0.05) is 6.61 Å². The normalized spacial score (nSPS) is 10.0. The molecule has 102 valence electrons. The molecule has 0 aliphatic carbocycles. The maximum Gasteiger partial charge on any atom is 0.0471 e. The van der Waals surface area contributed by atoms with Gasteiger partial charge in [-0.3, -0.25) is 0 Å². The smallest absolute Gasteiger partial charge is 0.0471 e. The Bertz CT molecular complexity index is 432. The first-order valence-electron chi connectivity index (χ1n) is 6.32. The first kappa shape index (κ1) is 15.7. The van der Waals surface area contributed by atoms with Crippen molar-refractivity contribution in [2.45, 2.75) is 12.8 Å². The summed E-state index contributed by atoms with van der Waals surface area (Å²) in [6.45, 7) is 0.891. The molecule has 2 rings (SSSR count). The zero-order valence-corrected chi connectivity index (χ0v) is 11.7. The van der Waals surface area contributed by atoms with Gasteiger partial charge in [-0.15, -0.1) is 12.4 Å². The van der Waals surface area contributed by atoms with E-state index in [0.717, 1.165) is 12.8 Å². The van der Waals surface area contributed by atoms with E-state index in [9.17, 15) is 0 Å². The van der Waals surface area contributed by atoms with Crippen LogP contribution in [-0.2, 0) is 12.8 Å². The van der Waals surface area contributed by atoms with Crippen molar-refractivity contribution in [3.63, 3.8) is 0 Å². The maximum atomic E-state index is 8.88. The molecular formula is C16H20ClNO. The molecule has 0 fully saturated rings. The highest BCUT2D eigenvalue weighted by Crippen LogP contribution is 2.20. The van der Waals surface area contributed by atoms with Gasteiger partial charge in [0.05, 0.1) is 0 Å². The molecule has 0 aliphatic heterocycles. The van der Waals surface area contributed by atoms with Crippen LogP contribution in [0.25, 0.3) is 11.1 Å². The third-order valence-electron chi connectivity index (χ3n) is 3.07. The Labute approximate surface area is 120 Å². The van der Waals surface area contributed by atoms with Gasteiger partial charge in [0.25, 0.3) is 0 Å². The number of benzene rings is 2. The van der Waals surface area contributed by atoms with Gasteiger partial charge in [0.1, 0.15) is 0 Å². The lowest BCUT2D eigenvalue weighted by Crippen LogP contribution is -2.02. The van der Waals surface area contributed by atoms with Crippen LogP contribution < -0.4 is 5.73 Å². The molecule has 19 heavy (non-hydrogen) atoms. The van der Waals surface area contributed by atoms with E-state index < -0.39 is 0 Å². The largest absolute Gasteiger partial charge is 0.396 e. The Morgan fingerprint density at radius 1 is 0.737 bits per heavy atom. The van der Waals surface area contributed by atoms with Gasteiger partial charge >= 0.3 is 0 Å². The van der Waals surface area contributed by atoms with Crippen molar-refractivity contribution < 1.29 is 5.11 Å². The lowest BCUT2D eigenvalue weighted by Gasteiger charge is -2.05. The third kappa shape index (κ3) is 4.35. The van der Waals surface area contributed by atoms with Crippen LogP contribution in [0, 0.1) is 0 Å². The fraction of sp³-hybridized carbons (Fsp3) is 0.250. The Hall–Kier alpha value is -1.35. The standard InChI is InChI=1S/C16H19NO.ClH/c17-11-9-13-1-5-15(6-2-13)16-7-3-14(4-8-16)10-12-18;/h1-8,18H,9-12,17H2;1H. The minimum absolute atomic E-state index is 0. The lowest BCUT2D eigenvalue weighted by molar-refractivity contribution is 0.299. The van der Waals surface area contributed by atoms with Gasteiger partial charge in [-0.1, -0.05) is 48.5 Å². The maximum absolute atomic E-state index is 8.88. The van der Waals surface area contributed by atoms with Crippen LogP contribution >= 0.6 is 12.4 Å². The van der Waals surface area contributed by atoms with Crippen molar-refractivity contribution >= 4 is 12.4 Å².